The third kappa shape index (κ3) is 46.4. The molecular weight excluding hydrogens is 586 g/mol. The summed E-state index contributed by atoms with van der Waals surface area (Å²) in [5.74, 6) is 11.5. The number of aliphatic hydroxyl groups excluding tert-OH is 3. The van der Waals surface area contributed by atoms with Crippen molar-refractivity contribution in [2.24, 2.45) is 0 Å². The topological polar surface area (TPSA) is 88.4 Å². The Hall–Kier alpha value is 1.09. The van der Waals surface area contributed by atoms with E-state index in [0.29, 0.717) is 6.61 Å². The number of ether oxygens (including phenoxy) is 3. The molecule has 0 aliphatic rings. The Bertz CT molecular complexity index is 463. The van der Waals surface area contributed by atoms with Crippen molar-refractivity contribution in [3.05, 3.63) is 0 Å². The minimum Gasteiger partial charge on any atom is -0.394 e. The zero-order valence-corrected chi connectivity index (χ0v) is 24.1. The normalized spacial score (nSPS) is 8.76. The van der Waals surface area contributed by atoms with Gasteiger partial charge in [-0.25, -0.2) is 0 Å². The monoisotopic (exact) mass is 646 g/mol. The molecule has 6 nitrogen and oxygen atoms in total. The van der Waals surface area contributed by atoms with Crippen LogP contribution >= 0.6 is 0 Å². The fourth-order valence-corrected chi connectivity index (χ4v) is 1.61. The minimum absolute atomic E-state index is 0. The Labute approximate surface area is 265 Å². The summed E-state index contributed by atoms with van der Waals surface area (Å²) in [5, 5.41) is 25.7. The van der Waals surface area contributed by atoms with E-state index >= 15 is 0 Å². The molecule has 0 fully saturated rings. The van der Waals surface area contributed by atoms with Gasteiger partial charge in [0.05, 0.1) is 39.6 Å². The quantitative estimate of drug-likeness (QED) is 0.300. The van der Waals surface area contributed by atoms with Crippen molar-refractivity contribution in [2.75, 3.05) is 39.6 Å². The molecule has 2 radical (unpaired) electrons. The predicted molar refractivity (Wildman–Crippen MR) is 143 cm³/mol. The number of rotatable bonds is 9. The molecule has 206 valence electrons. The zero-order chi connectivity index (χ0) is 20.7. The van der Waals surface area contributed by atoms with Crippen LogP contribution in [0.15, 0.2) is 0 Å². The van der Waals surface area contributed by atoms with Gasteiger partial charge in [-0.3, -0.25) is 0 Å². The average molecular weight is 647 g/mol. The third-order valence-electron chi connectivity index (χ3n) is 2.75. The molecule has 0 atom stereocenters. The van der Waals surface area contributed by atoms with Crippen LogP contribution in [-0.2, 0) is 79.6 Å². The third-order valence-corrected chi connectivity index (χ3v) is 2.75. The van der Waals surface area contributed by atoms with Gasteiger partial charge in [0.1, 0.15) is 16.8 Å². The molecule has 0 unspecified atom stereocenters. The first-order chi connectivity index (χ1) is 11.9. The maximum atomic E-state index is 8.65. The summed E-state index contributed by atoms with van der Waals surface area (Å²) in [6.45, 7) is 13.7. The van der Waals surface area contributed by atoms with Crippen molar-refractivity contribution in [3.63, 3.8) is 0 Å². The van der Waals surface area contributed by atoms with Gasteiger partial charge < -0.3 is 29.5 Å². The van der Waals surface area contributed by atoms with Crippen LogP contribution in [-0.4, -0.2) is 71.8 Å². The largest absolute Gasteiger partial charge is 0.394 e. The van der Waals surface area contributed by atoms with Gasteiger partial charge in [-0.1, -0.05) is 62.3 Å². The fourth-order valence-electron chi connectivity index (χ4n) is 1.61. The van der Waals surface area contributed by atoms with Crippen LogP contribution in [0.5, 0.6) is 0 Å². The van der Waals surface area contributed by atoms with Crippen LogP contribution in [0.3, 0.4) is 0 Å². The molecular formula is C26H60O6Y2. The molecule has 0 aliphatic heterocycles. The van der Waals surface area contributed by atoms with Gasteiger partial charge in [0.15, 0.2) is 0 Å². The fraction of sp³-hybridized carbons (Fsp3) is 0.846. The van der Waals surface area contributed by atoms with Crippen LogP contribution in [0, 0.1) is 23.7 Å². The summed E-state index contributed by atoms with van der Waals surface area (Å²) in [5.41, 5.74) is -1.64. The van der Waals surface area contributed by atoms with Gasteiger partial charge in [0, 0.05) is 65.4 Å². The standard InChI is InChI=1S/C12H22O4.C8H14O2.6CH4.2Y/c1-11(2,15-9-7-13)5-6-12(3,4)16-10-8-14;1-4-5-8(2,3)10-7-6-9;;;;;;;;/h13-14H,7-10H2,1-4H3;9H,6-7H2,1-3H3;6*1H4;;. The smallest absolute Gasteiger partial charge is 0.123 e. The molecule has 0 spiro atoms. The number of hydrogen-bond donors (Lipinski definition) is 3. The molecule has 0 saturated carbocycles. The molecule has 0 aliphatic carbocycles. The van der Waals surface area contributed by atoms with Gasteiger partial charge in [-0.15, -0.1) is 5.92 Å². The first-order valence-corrected chi connectivity index (χ1v) is 8.68. The zero-order valence-electron chi connectivity index (χ0n) is 18.5. The van der Waals surface area contributed by atoms with E-state index < -0.39 is 16.8 Å². The maximum absolute atomic E-state index is 8.65. The van der Waals surface area contributed by atoms with E-state index in [1.807, 2.05) is 41.5 Å². The second kappa shape index (κ2) is 36.2. The molecule has 8 heteroatoms. The van der Waals surface area contributed by atoms with Gasteiger partial charge in [0.2, 0.25) is 0 Å². The summed E-state index contributed by atoms with van der Waals surface area (Å²) < 4.78 is 15.9. The molecule has 0 aromatic rings. The van der Waals surface area contributed by atoms with E-state index in [4.69, 9.17) is 29.5 Å². The molecule has 0 rings (SSSR count). The van der Waals surface area contributed by atoms with Crippen LogP contribution in [0.4, 0.5) is 0 Å². The Balaban J connectivity index is -0.0000000362. The van der Waals surface area contributed by atoms with Crippen molar-refractivity contribution >= 4 is 0 Å². The Morgan fingerprint density at radius 1 is 0.500 bits per heavy atom. The van der Waals surface area contributed by atoms with Crippen molar-refractivity contribution in [1.29, 1.82) is 0 Å². The first kappa shape index (κ1) is 64.8. The number of aliphatic hydroxyl groups is 3. The summed E-state index contributed by atoms with van der Waals surface area (Å²) in [6, 6.07) is 0. The molecule has 0 aromatic heterocycles. The van der Waals surface area contributed by atoms with Crippen molar-refractivity contribution in [1.82, 2.24) is 0 Å². The van der Waals surface area contributed by atoms with Gasteiger partial charge in [-0.05, 0) is 48.5 Å². The average Bonchev–Trinajstić information content (AvgIpc) is 2.56. The van der Waals surface area contributed by atoms with E-state index in [2.05, 4.69) is 23.7 Å². The molecule has 0 aromatic carbocycles. The predicted octanol–water partition coefficient (Wildman–Crippen LogP) is 5.17. The maximum Gasteiger partial charge on any atom is 0.123 e. The molecule has 0 bridgehead atoms. The van der Waals surface area contributed by atoms with Crippen LogP contribution in [0.25, 0.3) is 0 Å². The van der Waals surface area contributed by atoms with E-state index in [1.54, 1.807) is 6.92 Å². The molecule has 0 amide bonds. The minimum atomic E-state index is -0.609. The van der Waals surface area contributed by atoms with E-state index in [-0.39, 0.29) is 143 Å². The summed E-state index contributed by atoms with van der Waals surface area (Å²) in [7, 11) is 0. The Morgan fingerprint density at radius 3 is 0.882 bits per heavy atom. The van der Waals surface area contributed by atoms with Gasteiger partial charge >= 0.3 is 0 Å². The van der Waals surface area contributed by atoms with Crippen LogP contribution in [0.2, 0.25) is 0 Å². The second-order valence-corrected chi connectivity index (χ2v) is 6.87. The molecule has 0 heterocycles. The summed E-state index contributed by atoms with van der Waals surface area (Å²) in [6.07, 6.45) is 0. The SMILES string of the molecule is C.C.C.C.C.C.CC#CC(C)(C)OCCO.CC(C)(C#CC(C)(C)OCCO)OCCO.[Y].[Y]. The van der Waals surface area contributed by atoms with Crippen molar-refractivity contribution < 1.29 is 94.9 Å². The first-order valence-electron chi connectivity index (χ1n) is 8.68. The van der Waals surface area contributed by atoms with Crippen LogP contribution < -0.4 is 0 Å². The Kier molecular flexibility index (Phi) is 69.1. The summed E-state index contributed by atoms with van der Waals surface area (Å²) in [4.78, 5) is 0. The van der Waals surface area contributed by atoms with Gasteiger partial charge in [-0.2, -0.15) is 0 Å². The Morgan fingerprint density at radius 2 is 0.706 bits per heavy atom. The molecule has 0 saturated heterocycles. The van der Waals surface area contributed by atoms with E-state index in [0.717, 1.165) is 0 Å². The van der Waals surface area contributed by atoms with E-state index in [9.17, 15) is 0 Å². The molecule has 3 N–H and O–H groups in total. The summed E-state index contributed by atoms with van der Waals surface area (Å²) >= 11 is 0. The molecule has 34 heavy (non-hydrogen) atoms. The van der Waals surface area contributed by atoms with Crippen molar-refractivity contribution in [2.45, 2.75) is 110 Å². The number of hydrogen-bond acceptors (Lipinski definition) is 6. The van der Waals surface area contributed by atoms with Crippen molar-refractivity contribution in [3.8, 4) is 23.7 Å². The van der Waals surface area contributed by atoms with Gasteiger partial charge in [0.25, 0.3) is 0 Å². The second-order valence-electron chi connectivity index (χ2n) is 6.87. The van der Waals surface area contributed by atoms with E-state index in [1.165, 1.54) is 0 Å². The van der Waals surface area contributed by atoms with Crippen LogP contribution in [0.1, 0.15) is 93.0 Å².